The molecule has 13 heteroatoms. The maximum absolute atomic E-state index is 13.9. The van der Waals surface area contributed by atoms with Crippen LogP contribution >= 0.6 is 34.7 Å². The fourth-order valence-corrected chi connectivity index (χ4v) is 6.29. The normalized spacial score (nSPS) is 22.6. The number of ketones is 2. The number of hydrogen-bond donors (Lipinski definition) is 1. The van der Waals surface area contributed by atoms with Crippen molar-refractivity contribution in [1.82, 2.24) is 9.59 Å². The van der Waals surface area contributed by atoms with Crippen molar-refractivity contribution in [3.8, 4) is 11.3 Å². The first-order valence-electron chi connectivity index (χ1n) is 12.3. The number of nitrogens with one attached hydrogen (secondary N) is 1. The van der Waals surface area contributed by atoms with E-state index in [9.17, 15) is 24.3 Å². The summed E-state index contributed by atoms with van der Waals surface area (Å²) in [6.45, 7) is 1.74. The molecule has 4 aromatic rings. The van der Waals surface area contributed by atoms with Gasteiger partial charge in [-0.2, -0.15) is 0 Å². The van der Waals surface area contributed by atoms with Gasteiger partial charge in [0.05, 0.1) is 28.0 Å². The van der Waals surface area contributed by atoms with Crippen molar-refractivity contribution in [3.05, 3.63) is 98.3 Å². The van der Waals surface area contributed by atoms with Crippen LogP contribution in [-0.2, 0) is 14.3 Å². The molecule has 206 valence electrons. The number of aliphatic carboxylic acids is 1. The van der Waals surface area contributed by atoms with Crippen molar-refractivity contribution in [2.24, 2.45) is 11.8 Å². The van der Waals surface area contributed by atoms with Crippen LogP contribution in [0.1, 0.15) is 37.9 Å². The van der Waals surface area contributed by atoms with Gasteiger partial charge >= 0.3 is 29.6 Å². The van der Waals surface area contributed by atoms with Gasteiger partial charge in [0.1, 0.15) is 5.69 Å². The second-order valence-electron chi connectivity index (χ2n) is 9.83. The number of nitrogens with zero attached hydrogens (tertiary/aromatic N) is 2. The first kappa shape index (κ1) is 30.5. The van der Waals surface area contributed by atoms with Crippen LogP contribution in [0.2, 0.25) is 10.0 Å². The second-order valence-corrected chi connectivity index (χ2v) is 11.3. The number of Topliss-reactive ketones (excluding diaryl/α,β-unsaturated/α-hetero) is 2. The third kappa shape index (κ3) is 4.90. The summed E-state index contributed by atoms with van der Waals surface area (Å²) in [6.07, 6.45) is -1.35. The van der Waals surface area contributed by atoms with Crippen molar-refractivity contribution >= 4 is 63.9 Å². The number of benzene rings is 3. The number of hydrogen-bond acceptors (Lipinski definition) is 9. The first-order chi connectivity index (χ1) is 19.6. The first-order valence-corrected chi connectivity index (χ1v) is 13.9. The Morgan fingerprint density at radius 2 is 1.69 bits per heavy atom. The quantitative estimate of drug-likeness (QED) is 0.258. The van der Waals surface area contributed by atoms with E-state index < -0.39 is 47.0 Å². The van der Waals surface area contributed by atoms with Gasteiger partial charge < -0.3 is 20.0 Å². The Morgan fingerprint density at radius 1 is 0.976 bits per heavy atom. The fraction of sp³-hybridized carbons (Fsp3) is 0.172. The summed E-state index contributed by atoms with van der Waals surface area (Å²) in [5, 5.41) is 21.6. The third-order valence-electron chi connectivity index (χ3n) is 7.41. The number of anilines is 1. The van der Waals surface area contributed by atoms with E-state index in [-0.39, 0.29) is 56.3 Å². The zero-order valence-electron chi connectivity index (χ0n) is 22.1. The van der Waals surface area contributed by atoms with Crippen LogP contribution in [0.25, 0.3) is 11.3 Å². The molecule has 4 atom stereocenters. The van der Waals surface area contributed by atoms with Crippen LogP contribution in [0.3, 0.4) is 0 Å². The zero-order chi connectivity index (χ0) is 29.1. The maximum atomic E-state index is 13.9. The number of ether oxygens (including phenoxy) is 1. The average molecular weight is 630 g/mol. The molecule has 1 N–H and O–H groups in total. The summed E-state index contributed by atoms with van der Waals surface area (Å²) < 4.78 is 9.99. The van der Waals surface area contributed by atoms with Crippen molar-refractivity contribution in [2.45, 2.75) is 18.6 Å². The van der Waals surface area contributed by atoms with E-state index in [2.05, 4.69) is 14.9 Å². The Kier molecular flexibility index (Phi) is 8.43. The van der Waals surface area contributed by atoms with Gasteiger partial charge in [-0.25, -0.2) is 0 Å². The fourth-order valence-electron chi connectivity index (χ4n) is 5.52. The molecule has 1 amide bonds. The number of carbonyl (C=O) groups excluding carboxylic acids is 4. The predicted octanol–water partition coefficient (Wildman–Crippen LogP) is 1.33. The van der Waals surface area contributed by atoms with Gasteiger partial charge in [-0.15, -0.1) is 5.10 Å². The number of amides is 1. The Hall–Kier alpha value is -2.96. The number of rotatable bonds is 5. The standard InChI is InChI=1S/C29H19Cl2N3O6S.Na/c1-13-2-8-17-18(10-13)26(36)29(25(17)35)23(28(38)39)22(24(40-29)15-5-9-19(30)20(31)11-15)27(37)32-16-6-3-14(4-7-16)21-12-41-34-33-21;/h2-12,22-24H,1H3,(H,32,37)(H,38,39);/q;+1/p-1/t22-,23-,24-,29+;/m0./s1. The molecule has 2 heterocycles. The molecular formula is C29H18Cl2N3NaO6S. The number of halogens is 2. The Balaban J connectivity index is 0.00000353. The third-order valence-corrected chi connectivity index (χ3v) is 8.66. The molecule has 0 radical (unpaired) electrons. The van der Waals surface area contributed by atoms with Crippen molar-refractivity contribution in [3.63, 3.8) is 0 Å². The van der Waals surface area contributed by atoms with E-state index in [1.165, 1.54) is 41.9 Å². The minimum Gasteiger partial charge on any atom is -0.550 e. The number of carboxylic acid groups (broad SMARTS) is 1. The molecule has 9 nitrogen and oxygen atoms in total. The number of aryl methyl sites for hydroxylation is 1. The van der Waals surface area contributed by atoms with Gasteiger partial charge in [0.2, 0.25) is 23.1 Å². The predicted molar refractivity (Wildman–Crippen MR) is 149 cm³/mol. The number of fused-ring (bicyclic) bond motifs is 1. The van der Waals surface area contributed by atoms with E-state index in [1.807, 2.05) is 0 Å². The molecule has 0 bridgehead atoms. The van der Waals surface area contributed by atoms with Gasteiger partial charge in [-0.3, -0.25) is 14.4 Å². The molecule has 42 heavy (non-hydrogen) atoms. The van der Waals surface area contributed by atoms with Gasteiger partial charge in [0.25, 0.3) is 0 Å². The average Bonchev–Trinajstić information content (AvgIpc) is 3.66. The van der Waals surface area contributed by atoms with Crippen LogP contribution in [0.4, 0.5) is 5.69 Å². The summed E-state index contributed by atoms with van der Waals surface area (Å²) in [4.78, 5) is 54.3. The molecule has 1 spiro atoms. The van der Waals surface area contributed by atoms with Gasteiger partial charge in [-0.1, -0.05) is 63.6 Å². The van der Waals surface area contributed by atoms with E-state index in [4.69, 9.17) is 27.9 Å². The summed E-state index contributed by atoms with van der Waals surface area (Å²) in [7, 11) is 0. The van der Waals surface area contributed by atoms with Crippen molar-refractivity contribution < 1.29 is 58.6 Å². The summed E-state index contributed by atoms with van der Waals surface area (Å²) >= 11 is 13.5. The zero-order valence-corrected chi connectivity index (χ0v) is 26.4. The van der Waals surface area contributed by atoms with E-state index in [0.29, 0.717) is 16.9 Å². The Labute approximate surface area is 275 Å². The molecule has 1 aliphatic heterocycles. The largest absolute Gasteiger partial charge is 1.00 e. The second kappa shape index (κ2) is 11.6. The Bertz CT molecular complexity index is 1750. The maximum Gasteiger partial charge on any atom is 1.00 e. The summed E-state index contributed by atoms with van der Waals surface area (Å²) in [5.74, 6) is -7.74. The van der Waals surface area contributed by atoms with Gasteiger partial charge in [-0.05, 0) is 54.4 Å². The van der Waals surface area contributed by atoms with Crippen LogP contribution in [0.5, 0.6) is 0 Å². The van der Waals surface area contributed by atoms with Gasteiger partial charge in [0, 0.05) is 33.7 Å². The van der Waals surface area contributed by atoms with Crippen LogP contribution in [-0.4, -0.2) is 38.6 Å². The molecule has 1 aliphatic carbocycles. The minimum absolute atomic E-state index is 0. The molecular weight excluding hydrogens is 612 g/mol. The molecule has 1 fully saturated rings. The molecule has 2 aliphatic rings. The van der Waals surface area contributed by atoms with Crippen LogP contribution < -0.4 is 40.0 Å². The molecule has 6 rings (SSSR count). The van der Waals surface area contributed by atoms with Gasteiger partial charge in [0.15, 0.2) is 0 Å². The smallest absolute Gasteiger partial charge is 0.550 e. The molecule has 1 saturated heterocycles. The van der Waals surface area contributed by atoms with Crippen molar-refractivity contribution in [2.75, 3.05) is 5.32 Å². The van der Waals surface area contributed by atoms with E-state index in [0.717, 1.165) is 5.56 Å². The molecule has 3 aromatic carbocycles. The van der Waals surface area contributed by atoms with E-state index in [1.54, 1.807) is 42.6 Å². The summed E-state index contributed by atoms with van der Waals surface area (Å²) in [5.41, 5.74) is 0.264. The number of aromatic nitrogens is 2. The topological polar surface area (TPSA) is 138 Å². The van der Waals surface area contributed by atoms with Crippen LogP contribution in [0.15, 0.2) is 66.0 Å². The number of carboxylic acids is 1. The minimum atomic E-state index is -2.50. The van der Waals surface area contributed by atoms with Crippen LogP contribution in [0, 0.1) is 18.8 Å². The molecule has 1 aromatic heterocycles. The number of carbonyl (C=O) groups is 4. The SMILES string of the molecule is Cc1ccc2c(c1)C(=O)[C@]1(O[C@@H](c3ccc(Cl)c(Cl)c3)[C@@H](C(=O)Nc3ccc(-c4csnn4)cc3)[C@H]1C(=O)[O-])C2=O.[Na+]. The summed E-state index contributed by atoms with van der Waals surface area (Å²) in [6, 6.07) is 15.6. The molecule has 0 saturated carbocycles. The Morgan fingerprint density at radius 3 is 2.33 bits per heavy atom. The van der Waals surface area contributed by atoms with E-state index >= 15 is 0 Å². The molecule has 0 unspecified atom stereocenters. The van der Waals surface area contributed by atoms with Crippen molar-refractivity contribution in [1.29, 1.82) is 0 Å². The monoisotopic (exact) mass is 629 g/mol.